The summed E-state index contributed by atoms with van der Waals surface area (Å²) in [5, 5.41) is 3.25. The summed E-state index contributed by atoms with van der Waals surface area (Å²) in [5.41, 5.74) is 1.90. The zero-order valence-corrected chi connectivity index (χ0v) is 8.65. The first kappa shape index (κ1) is 9.31. The number of ether oxygens (including phenoxy) is 1. The zero-order chi connectivity index (χ0) is 10.3. The van der Waals surface area contributed by atoms with Crippen molar-refractivity contribution in [2.45, 2.75) is 19.3 Å². The standard InChI is InChI=1S/C11H14FNO/c1-11(2)6-13-10-8(11)4-7(12)5-9(10)14-3/h4-5,13H,6H2,1-3H3. The van der Waals surface area contributed by atoms with Crippen LogP contribution >= 0.6 is 0 Å². The molecule has 1 N–H and O–H groups in total. The van der Waals surface area contributed by atoms with Crippen LogP contribution in [0.4, 0.5) is 10.1 Å². The third-order valence-corrected chi connectivity index (χ3v) is 2.72. The topological polar surface area (TPSA) is 21.3 Å². The lowest BCUT2D eigenvalue weighted by Gasteiger charge is -2.17. The van der Waals surface area contributed by atoms with Gasteiger partial charge in [0.25, 0.3) is 0 Å². The summed E-state index contributed by atoms with van der Waals surface area (Å²) in [4.78, 5) is 0. The van der Waals surface area contributed by atoms with Crippen LogP contribution in [-0.2, 0) is 5.41 Å². The first-order valence-electron chi connectivity index (χ1n) is 4.66. The van der Waals surface area contributed by atoms with Crippen molar-refractivity contribution >= 4 is 5.69 Å². The summed E-state index contributed by atoms with van der Waals surface area (Å²) in [5.74, 6) is 0.350. The van der Waals surface area contributed by atoms with E-state index in [0.29, 0.717) is 5.75 Å². The third-order valence-electron chi connectivity index (χ3n) is 2.72. The van der Waals surface area contributed by atoms with Crippen molar-refractivity contribution in [3.8, 4) is 5.75 Å². The first-order chi connectivity index (χ1) is 6.54. The highest BCUT2D eigenvalue weighted by atomic mass is 19.1. The molecule has 1 aliphatic rings. The number of halogens is 1. The minimum Gasteiger partial charge on any atom is -0.494 e. The smallest absolute Gasteiger partial charge is 0.145 e. The maximum atomic E-state index is 13.2. The van der Waals surface area contributed by atoms with Crippen molar-refractivity contribution in [2.24, 2.45) is 0 Å². The van der Waals surface area contributed by atoms with E-state index in [0.717, 1.165) is 17.8 Å². The minimum atomic E-state index is -0.239. The second-order valence-corrected chi connectivity index (χ2v) is 4.27. The van der Waals surface area contributed by atoms with Gasteiger partial charge in [0.2, 0.25) is 0 Å². The number of benzene rings is 1. The van der Waals surface area contributed by atoms with Gasteiger partial charge in [-0.05, 0) is 11.6 Å². The van der Waals surface area contributed by atoms with E-state index in [2.05, 4.69) is 19.2 Å². The quantitative estimate of drug-likeness (QED) is 0.743. The highest BCUT2D eigenvalue weighted by molar-refractivity contribution is 5.68. The van der Waals surface area contributed by atoms with Gasteiger partial charge in [-0.2, -0.15) is 0 Å². The van der Waals surface area contributed by atoms with E-state index >= 15 is 0 Å². The van der Waals surface area contributed by atoms with Gasteiger partial charge in [0.05, 0.1) is 12.8 Å². The van der Waals surface area contributed by atoms with E-state index in [9.17, 15) is 4.39 Å². The largest absolute Gasteiger partial charge is 0.494 e. The summed E-state index contributed by atoms with van der Waals surface area (Å²) < 4.78 is 18.4. The van der Waals surface area contributed by atoms with Gasteiger partial charge in [-0.15, -0.1) is 0 Å². The van der Waals surface area contributed by atoms with E-state index in [1.54, 1.807) is 13.2 Å². The molecule has 0 fully saturated rings. The molecule has 76 valence electrons. The van der Waals surface area contributed by atoms with Crippen molar-refractivity contribution in [1.82, 2.24) is 0 Å². The number of rotatable bonds is 1. The minimum absolute atomic E-state index is 0.0231. The molecule has 0 aromatic heterocycles. The molecule has 0 bridgehead atoms. The highest BCUT2D eigenvalue weighted by Crippen LogP contribution is 2.42. The van der Waals surface area contributed by atoms with Crippen molar-refractivity contribution in [3.63, 3.8) is 0 Å². The number of hydrogen-bond donors (Lipinski definition) is 1. The van der Waals surface area contributed by atoms with Crippen LogP contribution in [0.3, 0.4) is 0 Å². The normalized spacial score (nSPS) is 17.4. The molecule has 0 unspecified atom stereocenters. The van der Waals surface area contributed by atoms with Crippen LogP contribution in [0.2, 0.25) is 0 Å². The van der Waals surface area contributed by atoms with Gasteiger partial charge in [-0.1, -0.05) is 13.8 Å². The van der Waals surface area contributed by atoms with Crippen LogP contribution in [0.25, 0.3) is 0 Å². The van der Waals surface area contributed by atoms with E-state index in [1.165, 1.54) is 6.07 Å². The lowest BCUT2D eigenvalue weighted by molar-refractivity contribution is 0.413. The van der Waals surface area contributed by atoms with Crippen molar-refractivity contribution in [1.29, 1.82) is 0 Å². The molecule has 2 nitrogen and oxygen atoms in total. The number of anilines is 1. The summed E-state index contributed by atoms with van der Waals surface area (Å²) >= 11 is 0. The summed E-state index contributed by atoms with van der Waals surface area (Å²) in [6, 6.07) is 2.99. The molecule has 1 heterocycles. The fourth-order valence-corrected chi connectivity index (χ4v) is 1.86. The number of fused-ring (bicyclic) bond motifs is 1. The van der Waals surface area contributed by atoms with E-state index < -0.39 is 0 Å². The lowest BCUT2D eigenvalue weighted by atomic mass is 9.87. The molecule has 3 heteroatoms. The van der Waals surface area contributed by atoms with Crippen LogP contribution in [0.15, 0.2) is 12.1 Å². The molecule has 0 radical (unpaired) electrons. The Morgan fingerprint density at radius 1 is 1.43 bits per heavy atom. The summed E-state index contributed by atoms with van der Waals surface area (Å²) in [6.45, 7) is 5.00. The fraction of sp³-hybridized carbons (Fsp3) is 0.455. The Bertz CT molecular complexity index is 374. The molecule has 0 spiro atoms. The second kappa shape index (κ2) is 2.87. The third kappa shape index (κ3) is 1.24. The molecular formula is C11H14FNO. The molecule has 14 heavy (non-hydrogen) atoms. The van der Waals surface area contributed by atoms with Gasteiger partial charge in [0.1, 0.15) is 11.6 Å². The van der Waals surface area contributed by atoms with E-state index in [4.69, 9.17) is 4.74 Å². The zero-order valence-electron chi connectivity index (χ0n) is 8.65. The highest BCUT2D eigenvalue weighted by Gasteiger charge is 2.32. The molecule has 0 aliphatic carbocycles. The van der Waals surface area contributed by atoms with Crippen LogP contribution < -0.4 is 10.1 Å². The number of hydrogen-bond acceptors (Lipinski definition) is 2. The average Bonchev–Trinajstić information content (AvgIpc) is 2.42. The molecule has 1 aromatic carbocycles. The molecule has 1 aromatic rings. The molecule has 0 saturated heterocycles. The van der Waals surface area contributed by atoms with E-state index in [-0.39, 0.29) is 11.2 Å². The average molecular weight is 195 g/mol. The molecule has 2 rings (SSSR count). The van der Waals surface area contributed by atoms with Crippen molar-refractivity contribution < 1.29 is 9.13 Å². The Morgan fingerprint density at radius 2 is 2.14 bits per heavy atom. The SMILES string of the molecule is COc1cc(F)cc2c1NCC2(C)C. The number of nitrogens with one attached hydrogen (secondary N) is 1. The van der Waals surface area contributed by atoms with Crippen molar-refractivity contribution in [3.05, 3.63) is 23.5 Å². The Morgan fingerprint density at radius 3 is 2.79 bits per heavy atom. The maximum Gasteiger partial charge on any atom is 0.145 e. The summed E-state index contributed by atoms with van der Waals surface area (Å²) in [7, 11) is 1.56. The van der Waals surface area contributed by atoms with Crippen LogP contribution in [0.1, 0.15) is 19.4 Å². The predicted octanol–water partition coefficient (Wildman–Crippen LogP) is 2.54. The predicted molar refractivity (Wildman–Crippen MR) is 54.5 cm³/mol. The molecule has 0 amide bonds. The monoisotopic (exact) mass is 195 g/mol. The first-order valence-corrected chi connectivity index (χ1v) is 4.66. The van der Waals surface area contributed by atoms with Gasteiger partial charge in [-0.3, -0.25) is 0 Å². The van der Waals surface area contributed by atoms with Gasteiger partial charge in [0, 0.05) is 18.0 Å². The van der Waals surface area contributed by atoms with Gasteiger partial charge in [-0.25, -0.2) is 4.39 Å². The molecule has 1 aliphatic heterocycles. The van der Waals surface area contributed by atoms with Gasteiger partial charge >= 0.3 is 0 Å². The molecule has 0 saturated carbocycles. The summed E-state index contributed by atoms with van der Waals surface area (Å²) in [6.07, 6.45) is 0. The van der Waals surface area contributed by atoms with Crippen LogP contribution in [-0.4, -0.2) is 13.7 Å². The lowest BCUT2D eigenvalue weighted by Crippen LogP contribution is -2.18. The molecule has 0 atom stereocenters. The van der Waals surface area contributed by atoms with Crippen LogP contribution in [0, 0.1) is 5.82 Å². The Balaban J connectivity index is 2.62. The Hall–Kier alpha value is -1.25. The Kier molecular flexibility index (Phi) is 1.91. The van der Waals surface area contributed by atoms with E-state index in [1.807, 2.05) is 0 Å². The maximum absolute atomic E-state index is 13.2. The van der Waals surface area contributed by atoms with Gasteiger partial charge < -0.3 is 10.1 Å². The van der Waals surface area contributed by atoms with Crippen molar-refractivity contribution in [2.75, 3.05) is 19.0 Å². The Labute approximate surface area is 83.1 Å². The molecular weight excluding hydrogens is 181 g/mol. The van der Waals surface area contributed by atoms with Crippen LogP contribution in [0.5, 0.6) is 5.75 Å². The fourth-order valence-electron chi connectivity index (χ4n) is 1.86. The van der Waals surface area contributed by atoms with Gasteiger partial charge in [0.15, 0.2) is 0 Å². The second-order valence-electron chi connectivity index (χ2n) is 4.27. The number of methoxy groups -OCH3 is 1.